The van der Waals surface area contributed by atoms with Gasteiger partial charge in [-0.05, 0) is 41.4 Å². The van der Waals surface area contributed by atoms with Crippen molar-refractivity contribution >= 4 is 22.6 Å². The lowest BCUT2D eigenvalue weighted by molar-refractivity contribution is 0.189. The molecule has 2 heterocycles. The summed E-state index contributed by atoms with van der Waals surface area (Å²) >= 11 is 5.66. The highest BCUT2D eigenvalue weighted by molar-refractivity contribution is 6.28. The topological polar surface area (TPSA) is 82.0 Å². The molecule has 0 spiro atoms. The van der Waals surface area contributed by atoms with Gasteiger partial charge in [0.05, 0.1) is 11.0 Å². The van der Waals surface area contributed by atoms with Gasteiger partial charge in [0.15, 0.2) is 5.22 Å². The fourth-order valence-electron chi connectivity index (χ4n) is 1.86. The van der Waals surface area contributed by atoms with Crippen molar-refractivity contribution in [2.75, 3.05) is 0 Å². The number of fused-ring (bicyclic) bond motifs is 1. The van der Waals surface area contributed by atoms with Crippen LogP contribution >= 0.6 is 11.6 Å². The summed E-state index contributed by atoms with van der Waals surface area (Å²) in [6, 6.07) is 8.30. The summed E-state index contributed by atoms with van der Waals surface area (Å²) in [6.07, 6.45) is -0.916. The quantitative estimate of drug-likeness (QED) is 0.663. The SMILES string of the molecule is O=c1[nH]c2ccc(C(O)c3ccc(Cl)o3)cc2[nH]1. The van der Waals surface area contributed by atoms with Gasteiger partial charge in [0.25, 0.3) is 0 Å². The molecule has 0 aliphatic heterocycles. The Morgan fingerprint density at radius 1 is 1.17 bits per heavy atom. The first-order valence-corrected chi connectivity index (χ1v) is 5.66. The first-order chi connectivity index (χ1) is 8.63. The number of benzene rings is 1. The molecule has 0 aliphatic carbocycles. The van der Waals surface area contributed by atoms with Gasteiger partial charge in [-0.25, -0.2) is 4.79 Å². The van der Waals surface area contributed by atoms with Gasteiger partial charge >= 0.3 is 5.69 Å². The van der Waals surface area contributed by atoms with E-state index >= 15 is 0 Å². The van der Waals surface area contributed by atoms with Crippen LogP contribution in [-0.4, -0.2) is 15.1 Å². The normalized spacial score (nSPS) is 13.0. The Morgan fingerprint density at radius 2 is 1.94 bits per heavy atom. The van der Waals surface area contributed by atoms with Crippen LogP contribution in [0.1, 0.15) is 17.4 Å². The van der Waals surface area contributed by atoms with Crippen molar-refractivity contribution in [1.29, 1.82) is 0 Å². The van der Waals surface area contributed by atoms with Gasteiger partial charge < -0.3 is 19.5 Å². The average Bonchev–Trinajstić information content (AvgIpc) is 2.92. The molecule has 0 fully saturated rings. The van der Waals surface area contributed by atoms with Gasteiger partial charge in [0.2, 0.25) is 0 Å². The lowest BCUT2D eigenvalue weighted by Gasteiger charge is -2.07. The summed E-state index contributed by atoms with van der Waals surface area (Å²) in [4.78, 5) is 16.4. The van der Waals surface area contributed by atoms with E-state index in [9.17, 15) is 9.90 Å². The molecule has 0 saturated carbocycles. The molecule has 1 atom stereocenters. The Hall–Kier alpha value is -1.98. The lowest BCUT2D eigenvalue weighted by Crippen LogP contribution is -1.99. The predicted molar refractivity (Wildman–Crippen MR) is 66.7 cm³/mol. The minimum absolute atomic E-state index is 0.222. The molecule has 3 rings (SSSR count). The van der Waals surface area contributed by atoms with E-state index in [-0.39, 0.29) is 10.9 Å². The minimum Gasteiger partial charge on any atom is -0.447 e. The van der Waals surface area contributed by atoms with E-state index in [2.05, 4.69) is 9.97 Å². The molecule has 0 radical (unpaired) electrons. The zero-order valence-electron chi connectivity index (χ0n) is 9.11. The summed E-state index contributed by atoms with van der Waals surface area (Å²) < 4.78 is 5.15. The lowest BCUT2D eigenvalue weighted by atomic mass is 10.1. The number of furan rings is 1. The second kappa shape index (κ2) is 4.04. The third-order valence-corrected chi connectivity index (χ3v) is 2.92. The largest absolute Gasteiger partial charge is 0.447 e. The molecule has 1 unspecified atom stereocenters. The van der Waals surface area contributed by atoms with E-state index in [0.29, 0.717) is 22.4 Å². The van der Waals surface area contributed by atoms with Crippen LogP contribution in [0, 0.1) is 0 Å². The minimum atomic E-state index is -0.916. The summed E-state index contributed by atoms with van der Waals surface area (Å²) in [6.45, 7) is 0. The standard InChI is InChI=1S/C12H9ClN2O3/c13-10-4-3-9(18-10)11(16)6-1-2-7-8(5-6)15-12(17)14-7/h1-5,11,16H,(H2,14,15,17). The maximum Gasteiger partial charge on any atom is 0.323 e. The molecule has 1 aromatic carbocycles. The molecular weight excluding hydrogens is 256 g/mol. The Morgan fingerprint density at radius 3 is 2.67 bits per heavy atom. The Kier molecular flexibility index (Phi) is 2.50. The highest BCUT2D eigenvalue weighted by Gasteiger charge is 2.15. The number of aromatic nitrogens is 2. The van der Waals surface area contributed by atoms with E-state index in [1.807, 2.05) is 0 Å². The van der Waals surface area contributed by atoms with Crippen molar-refractivity contribution in [3.05, 3.63) is 57.4 Å². The van der Waals surface area contributed by atoms with Crippen molar-refractivity contribution in [3.63, 3.8) is 0 Å². The number of hydrogen-bond donors (Lipinski definition) is 3. The summed E-state index contributed by atoms with van der Waals surface area (Å²) in [7, 11) is 0. The van der Waals surface area contributed by atoms with Gasteiger partial charge in [-0.2, -0.15) is 0 Å². The number of rotatable bonds is 2. The second-order valence-corrected chi connectivity index (χ2v) is 4.30. The molecule has 3 aromatic rings. The van der Waals surface area contributed by atoms with E-state index in [4.69, 9.17) is 16.0 Å². The maximum atomic E-state index is 11.1. The van der Waals surface area contributed by atoms with Crippen LogP contribution in [0.4, 0.5) is 0 Å². The van der Waals surface area contributed by atoms with Gasteiger partial charge in [-0.1, -0.05) is 6.07 Å². The molecular formula is C12H9ClN2O3. The monoisotopic (exact) mass is 264 g/mol. The average molecular weight is 265 g/mol. The molecule has 5 nitrogen and oxygen atoms in total. The number of imidazole rings is 1. The predicted octanol–water partition coefficient (Wildman–Crippen LogP) is 2.18. The summed E-state index contributed by atoms with van der Waals surface area (Å²) in [5.41, 5.74) is 1.66. The van der Waals surface area contributed by atoms with Crippen LogP contribution in [0.15, 0.2) is 39.5 Å². The second-order valence-electron chi connectivity index (χ2n) is 3.93. The van der Waals surface area contributed by atoms with Crippen LogP contribution < -0.4 is 5.69 Å². The first-order valence-electron chi connectivity index (χ1n) is 5.29. The van der Waals surface area contributed by atoms with Gasteiger partial charge in [0.1, 0.15) is 11.9 Å². The summed E-state index contributed by atoms with van der Waals surface area (Å²) in [5, 5.41) is 10.3. The molecule has 92 valence electrons. The highest BCUT2D eigenvalue weighted by Crippen LogP contribution is 2.26. The van der Waals surface area contributed by atoms with Crippen molar-refractivity contribution in [3.8, 4) is 0 Å². The molecule has 3 N–H and O–H groups in total. The number of hydrogen-bond acceptors (Lipinski definition) is 3. The zero-order valence-corrected chi connectivity index (χ0v) is 9.86. The van der Waals surface area contributed by atoms with Crippen LogP contribution in [-0.2, 0) is 0 Å². The zero-order chi connectivity index (χ0) is 12.7. The van der Waals surface area contributed by atoms with Crippen molar-refractivity contribution in [1.82, 2.24) is 9.97 Å². The molecule has 0 amide bonds. The summed E-state index contributed by atoms with van der Waals surface area (Å²) in [5.74, 6) is 0.359. The van der Waals surface area contributed by atoms with Crippen LogP contribution in [0.3, 0.4) is 0 Å². The molecule has 0 saturated heterocycles. The maximum absolute atomic E-state index is 11.1. The van der Waals surface area contributed by atoms with Gasteiger partial charge in [0, 0.05) is 0 Å². The fourth-order valence-corrected chi connectivity index (χ4v) is 2.01. The van der Waals surface area contributed by atoms with Gasteiger partial charge in [-0.15, -0.1) is 0 Å². The van der Waals surface area contributed by atoms with E-state index in [1.54, 1.807) is 30.3 Å². The molecule has 0 aliphatic rings. The van der Waals surface area contributed by atoms with E-state index in [0.717, 1.165) is 0 Å². The molecule has 18 heavy (non-hydrogen) atoms. The molecule has 6 heteroatoms. The fraction of sp³-hybridized carbons (Fsp3) is 0.0833. The number of halogens is 1. The van der Waals surface area contributed by atoms with Crippen LogP contribution in [0.5, 0.6) is 0 Å². The third kappa shape index (κ3) is 1.83. The number of nitrogens with one attached hydrogen (secondary N) is 2. The van der Waals surface area contributed by atoms with Gasteiger partial charge in [-0.3, -0.25) is 0 Å². The molecule has 0 bridgehead atoms. The van der Waals surface area contributed by atoms with Crippen molar-refractivity contribution in [2.45, 2.75) is 6.10 Å². The third-order valence-electron chi connectivity index (χ3n) is 2.72. The van der Waals surface area contributed by atoms with E-state index < -0.39 is 6.10 Å². The number of aliphatic hydroxyl groups excluding tert-OH is 1. The van der Waals surface area contributed by atoms with E-state index in [1.165, 1.54) is 0 Å². The van der Waals surface area contributed by atoms with Crippen molar-refractivity contribution in [2.24, 2.45) is 0 Å². The van der Waals surface area contributed by atoms with Crippen LogP contribution in [0.2, 0.25) is 5.22 Å². The Bertz CT molecular complexity index is 756. The molecule has 2 aromatic heterocycles. The number of aromatic amines is 2. The number of aliphatic hydroxyl groups is 1. The smallest absolute Gasteiger partial charge is 0.323 e. The van der Waals surface area contributed by atoms with Crippen molar-refractivity contribution < 1.29 is 9.52 Å². The first kappa shape index (κ1) is 11.1. The van der Waals surface area contributed by atoms with Crippen LogP contribution in [0.25, 0.3) is 11.0 Å². The Labute approximate surface area is 106 Å². The Balaban J connectivity index is 2.05. The number of H-pyrrole nitrogens is 2. The highest BCUT2D eigenvalue weighted by atomic mass is 35.5.